The average molecular weight is 387 g/mol. The number of aryl methyl sites for hydroxylation is 1. The summed E-state index contributed by atoms with van der Waals surface area (Å²) < 4.78 is 38.2. The summed E-state index contributed by atoms with van der Waals surface area (Å²) in [6.07, 6.45) is 2.45. The molecule has 1 aromatic rings. The number of hydrogen-bond donors (Lipinski definition) is 0. The lowest BCUT2D eigenvalue weighted by Crippen LogP contribution is -2.21. The van der Waals surface area contributed by atoms with E-state index in [2.05, 4.69) is 53.7 Å². The predicted octanol–water partition coefficient (Wildman–Crippen LogP) is 4.17. The second kappa shape index (κ2) is 8.72. The molecule has 0 aliphatic carbocycles. The second-order valence-electron chi connectivity index (χ2n) is 8.70. The van der Waals surface area contributed by atoms with Gasteiger partial charge in [0.05, 0.1) is 12.9 Å². The molecule has 6 heteroatoms. The number of hydrogen-bond acceptors (Lipinski definition) is 5. The Bertz CT molecular complexity index is 659. The SMILES string of the molecule is COCOc1c(C(C)(C)C)cc(CCCOS(C)(=O)=O)cc1C(C)(C)C. The zero-order valence-corrected chi connectivity index (χ0v) is 18.2. The van der Waals surface area contributed by atoms with Crippen molar-refractivity contribution in [3.05, 3.63) is 28.8 Å². The maximum Gasteiger partial charge on any atom is 0.264 e. The van der Waals surface area contributed by atoms with Crippen molar-refractivity contribution in [3.8, 4) is 5.75 Å². The zero-order chi connectivity index (χ0) is 20.2. The van der Waals surface area contributed by atoms with Crippen LogP contribution in [-0.4, -0.2) is 35.2 Å². The monoisotopic (exact) mass is 386 g/mol. The van der Waals surface area contributed by atoms with Crippen LogP contribution in [0, 0.1) is 0 Å². The fraction of sp³-hybridized carbons (Fsp3) is 0.700. The lowest BCUT2D eigenvalue weighted by molar-refractivity contribution is 0.0484. The standard InChI is InChI=1S/C20H34O5S/c1-19(2,3)16-12-15(10-9-11-25-26(8,21)22)13-17(20(4,5)6)18(16)24-14-23-7/h12-13H,9-11,14H2,1-8H3. The summed E-state index contributed by atoms with van der Waals surface area (Å²) in [5.74, 6) is 0.878. The first-order valence-corrected chi connectivity index (χ1v) is 10.7. The van der Waals surface area contributed by atoms with Crippen LogP contribution in [0.4, 0.5) is 0 Å². The Hall–Kier alpha value is -1.11. The van der Waals surface area contributed by atoms with Gasteiger partial charge in [0.1, 0.15) is 5.75 Å². The Morgan fingerprint density at radius 3 is 1.85 bits per heavy atom. The lowest BCUT2D eigenvalue weighted by Gasteiger charge is -2.30. The van der Waals surface area contributed by atoms with Gasteiger partial charge in [0.15, 0.2) is 6.79 Å². The molecule has 1 aromatic carbocycles. The summed E-state index contributed by atoms with van der Waals surface area (Å²) in [5.41, 5.74) is 3.22. The minimum Gasteiger partial charge on any atom is -0.467 e. The highest BCUT2D eigenvalue weighted by Crippen LogP contribution is 2.41. The highest BCUT2D eigenvalue weighted by atomic mass is 32.2. The van der Waals surface area contributed by atoms with E-state index >= 15 is 0 Å². The Morgan fingerprint density at radius 2 is 1.46 bits per heavy atom. The molecule has 0 saturated carbocycles. The minimum atomic E-state index is -3.39. The quantitative estimate of drug-likeness (QED) is 0.381. The predicted molar refractivity (Wildman–Crippen MR) is 105 cm³/mol. The first-order valence-electron chi connectivity index (χ1n) is 8.89. The van der Waals surface area contributed by atoms with Crippen molar-refractivity contribution in [2.24, 2.45) is 0 Å². The average Bonchev–Trinajstić information content (AvgIpc) is 2.46. The lowest BCUT2D eigenvalue weighted by atomic mass is 9.78. The molecule has 0 saturated heterocycles. The maximum atomic E-state index is 11.1. The zero-order valence-electron chi connectivity index (χ0n) is 17.4. The first-order chi connectivity index (χ1) is 11.8. The van der Waals surface area contributed by atoms with Gasteiger partial charge in [-0.15, -0.1) is 0 Å². The van der Waals surface area contributed by atoms with Crippen LogP contribution >= 0.6 is 0 Å². The van der Waals surface area contributed by atoms with Crippen LogP contribution in [0.15, 0.2) is 12.1 Å². The molecule has 0 amide bonds. The molecule has 5 nitrogen and oxygen atoms in total. The number of methoxy groups -OCH3 is 1. The number of benzene rings is 1. The van der Waals surface area contributed by atoms with E-state index in [9.17, 15) is 8.42 Å². The summed E-state index contributed by atoms with van der Waals surface area (Å²) in [5, 5.41) is 0. The van der Waals surface area contributed by atoms with E-state index in [0.29, 0.717) is 6.42 Å². The van der Waals surface area contributed by atoms with Gasteiger partial charge in [-0.1, -0.05) is 53.7 Å². The molecule has 0 heterocycles. The van der Waals surface area contributed by atoms with Crippen LogP contribution < -0.4 is 4.74 Å². The third-order valence-corrected chi connectivity index (χ3v) is 4.59. The molecule has 0 N–H and O–H groups in total. The minimum absolute atomic E-state index is 0.0949. The second-order valence-corrected chi connectivity index (χ2v) is 10.3. The Kier molecular flexibility index (Phi) is 7.69. The highest BCUT2D eigenvalue weighted by Gasteiger charge is 2.27. The molecule has 0 aliphatic rings. The molecular weight excluding hydrogens is 352 g/mol. The van der Waals surface area contributed by atoms with Crippen LogP contribution in [0.3, 0.4) is 0 Å². The molecule has 26 heavy (non-hydrogen) atoms. The fourth-order valence-electron chi connectivity index (χ4n) is 2.71. The van der Waals surface area contributed by atoms with Crippen LogP contribution in [0.1, 0.15) is 64.7 Å². The van der Waals surface area contributed by atoms with Gasteiger partial charge in [0, 0.05) is 18.2 Å². The molecule has 0 fully saturated rings. The molecule has 0 unspecified atom stereocenters. The van der Waals surface area contributed by atoms with Gasteiger partial charge < -0.3 is 9.47 Å². The van der Waals surface area contributed by atoms with Gasteiger partial charge >= 0.3 is 0 Å². The summed E-state index contributed by atoms with van der Waals surface area (Å²) >= 11 is 0. The van der Waals surface area contributed by atoms with Gasteiger partial charge in [-0.05, 0) is 29.2 Å². The maximum absolute atomic E-state index is 11.1. The van der Waals surface area contributed by atoms with Crippen LogP contribution in [0.25, 0.3) is 0 Å². The topological polar surface area (TPSA) is 61.8 Å². The summed E-state index contributed by atoms with van der Waals surface area (Å²) in [6, 6.07) is 4.31. The normalized spacial score (nSPS) is 13.1. The molecule has 0 atom stereocenters. The van der Waals surface area contributed by atoms with Gasteiger partial charge in [-0.3, -0.25) is 4.18 Å². The molecule has 1 rings (SSSR count). The van der Waals surface area contributed by atoms with Crippen LogP contribution in [0.2, 0.25) is 0 Å². The fourth-order valence-corrected chi connectivity index (χ4v) is 3.13. The van der Waals surface area contributed by atoms with E-state index in [1.54, 1.807) is 7.11 Å². The largest absolute Gasteiger partial charge is 0.467 e. The van der Waals surface area contributed by atoms with E-state index in [4.69, 9.17) is 13.7 Å². The molecule has 150 valence electrons. The molecule has 0 bridgehead atoms. The van der Waals surface area contributed by atoms with E-state index in [1.165, 1.54) is 0 Å². The van der Waals surface area contributed by atoms with Gasteiger partial charge in [-0.25, -0.2) is 0 Å². The molecule has 0 spiro atoms. The van der Waals surface area contributed by atoms with Crippen molar-refractivity contribution in [2.75, 3.05) is 26.8 Å². The van der Waals surface area contributed by atoms with Crippen molar-refractivity contribution >= 4 is 10.1 Å². The summed E-state index contributed by atoms with van der Waals surface area (Å²) in [6.45, 7) is 13.3. The van der Waals surface area contributed by atoms with Crippen molar-refractivity contribution in [1.29, 1.82) is 0 Å². The van der Waals surface area contributed by atoms with Gasteiger partial charge in [0.25, 0.3) is 10.1 Å². The summed E-state index contributed by atoms with van der Waals surface area (Å²) in [7, 11) is -1.78. The van der Waals surface area contributed by atoms with E-state index < -0.39 is 10.1 Å². The Labute approximate surface area is 159 Å². The van der Waals surface area contributed by atoms with Gasteiger partial charge in [0.2, 0.25) is 0 Å². The van der Waals surface area contributed by atoms with Crippen molar-refractivity contribution in [3.63, 3.8) is 0 Å². The molecule has 0 aromatic heterocycles. The Morgan fingerprint density at radius 1 is 0.962 bits per heavy atom. The third-order valence-electron chi connectivity index (χ3n) is 3.99. The smallest absolute Gasteiger partial charge is 0.264 e. The van der Waals surface area contributed by atoms with E-state index in [-0.39, 0.29) is 24.2 Å². The van der Waals surface area contributed by atoms with Crippen LogP contribution in [-0.2, 0) is 36.3 Å². The van der Waals surface area contributed by atoms with Crippen molar-refractivity contribution in [1.82, 2.24) is 0 Å². The highest BCUT2D eigenvalue weighted by molar-refractivity contribution is 7.85. The number of ether oxygens (including phenoxy) is 2. The van der Waals surface area contributed by atoms with Crippen LogP contribution in [0.5, 0.6) is 5.75 Å². The summed E-state index contributed by atoms with van der Waals surface area (Å²) in [4.78, 5) is 0. The van der Waals surface area contributed by atoms with Gasteiger partial charge in [-0.2, -0.15) is 8.42 Å². The first kappa shape index (κ1) is 22.9. The van der Waals surface area contributed by atoms with Crippen molar-refractivity contribution in [2.45, 2.75) is 65.2 Å². The molecule has 0 radical (unpaired) electrons. The van der Waals surface area contributed by atoms with E-state index in [0.717, 1.165) is 35.1 Å². The Balaban J connectivity index is 3.24. The third kappa shape index (κ3) is 7.25. The molecular formula is C20H34O5S. The van der Waals surface area contributed by atoms with Crippen molar-refractivity contribution < 1.29 is 22.1 Å². The molecule has 0 aliphatic heterocycles. The van der Waals surface area contributed by atoms with E-state index in [1.807, 2.05) is 0 Å². The number of rotatable bonds is 8.